The number of hydrogen-bond donors (Lipinski definition) is 1. The summed E-state index contributed by atoms with van der Waals surface area (Å²) in [6.45, 7) is 2.79. The molecule has 0 aromatic heterocycles. The number of halogens is 3. The lowest BCUT2D eigenvalue weighted by atomic mass is 9.96. The van der Waals surface area contributed by atoms with Crippen molar-refractivity contribution in [1.29, 1.82) is 0 Å². The average Bonchev–Trinajstić information content (AvgIpc) is 2.47. The Morgan fingerprint density at radius 1 is 1.32 bits per heavy atom. The maximum Gasteiger partial charge on any atom is 0.222 e. The predicted molar refractivity (Wildman–Crippen MR) is 95.3 cm³/mol. The molecule has 1 aromatic rings. The second kappa shape index (κ2) is 9.61. The quantitative estimate of drug-likeness (QED) is 0.860. The number of piperidine rings is 1. The van der Waals surface area contributed by atoms with Gasteiger partial charge in [0.15, 0.2) is 0 Å². The first-order chi connectivity index (χ1) is 10.1. The van der Waals surface area contributed by atoms with Gasteiger partial charge in [-0.2, -0.15) is 0 Å². The first-order valence-electron chi connectivity index (χ1n) is 7.46. The highest BCUT2D eigenvalue weighted by Crippen LogP contribution is 2.23. The van der Waals surface area contributed by atoms with Crippen LogP contribution in [0.25, 0.3) is 0 Å². The maximum absolute atomic E-state index is 12.3. The molecule has 1 aromatic carbocycles. The number of likely N-dealkylation sites (tertiary alicyclic amines) is 1. The lowest BCUT2D eigenvalue weighted by molar-refractivity contribution is -0.132. The van der Waals surface area contributed by atoms with Crippen molar-refractivity contribution in [3.63, 3.8) is 0 Å². The Labute approximate surface area is 148 Å². The molecular formula is C16H23Cl3N2O. The van der Waals surface area contributed by atoms with E-state index in [0.29, 0.717) is 28.8 Å². The van der Waals surface area contributed by atoms with Crippen LogP contribution in [0.5, 0.6) is 0 Å². The summed E-state index contributed by atoms with van der Waals surface area (Å²) in [5, 5.41) is 4.48. The summed E-state index contributed by atoms with van der Waals surface area (Å²) in [6.07, 6.45) is 3.37. The van der Waals surface area contributed by atoms with Gasteiger partial charge >= 0.3 is 0 Å². The van der Waals surface area contributed by atoms with E-state index in [1.165, 1.54) is 0 Å². The molecule has 1 saturated heterocycles. The van der Waals surface area contributed by atoms with Crippen molar-refractivity contribution in [2.75, 3.05) is 26.7 Å². The first-order valence-corrected chi connectivity index (χ1v) is 8.22. The zero-order valence-electron chi connectivity index (χ0n) is 12.8. The highest BCUT2D eigenvalue weighted by atomic mass is 35.5. The Balaban J connectivity index is 0.00000242. The van der Waals surface area contributed by atoms with Gasteiger partial charge in [0.25, 0.3) is 0 Å². The minimum absolute atomic E-state index is 0. The Morgan fingerprint density at radius 2 is 2.00 bits per heavy atom. The fourth-order valence-electron chi connectivity index (χ4n) is 2.80. The van der Waals surface area contributed by atoms with Gasteiger partial charge in [-0.05, 0) is 56.5 Å². The van der Waals surface area contributed by atoms with E-state index in [9.17, 15) is 4.79 Å². The summed E-state index contributed by atoms with van der Waals surface area (Å²) in [4.78, 5) is 14.2. The van der Waals surface area contributed by atoms with Crippen molar-refractivity contribution < 1.29 is 4.79 Å². The van der Waals surface area contributed by atoms with Gasteiger partial charge in [-0.1, -0.05) is 29.3 Å². The van der Waals surface area contributed by atoms with E-state index in [4.69, 9.17) is 23.2 Å². The van der Waals surface area contributed by atoms with Gasteiger partial charge in [0.1, 0.15) is 0 Å². The topological polar surface area (TPSA) is 32.3 Å². The number of aryl methyl sites for hydroxylation is 1. The molecule has 0 aliphatic carbocycles. The number of rotatable bonds is 5. The molecular weight excluding hydrogens is 343 g/mol. The number of benzene rings is 1. The Morgan fingerprint density at radius 3 is 2.59 bits per heavy atom. The number of amides is 1. The minimum atomic E-state index is 0. The molecule has 1 fully saturated rings. The van der Waals surface area contributed by atoms with Crippen LogP contribution in [0.4, 0.5) is 0 Å². The minimum Gasteiger partial charge on any atom is -0.343 e. The Bertz CT molecular complexity index is 488. The van der Waals surface area contributed by atoms with E-state index in [1.807, 2.05) is 24.1 Å². The SMILES string of the molecule is CNCC1CCN(C(=O)CCc2ccc(Cl)cc2Cl)CC1.Cl. The Hall–Kier alpha value is -0.480. The molecule has 0 spiro atoms. The average molecular weight is 366 g/mol. The lowest BCUT2D eigenvalue weighted by Crippen LogP contribution is -2.40. The molecule has 1 N–H and O–H groups in total. The normalized spacial score (nSPS) is 15.5. The van der Waals surface area contributed by atoms with Crippen LogP contribution >= 0.6 is 35.6 Å². The van der Waals surface area contributed by atoms with Gasteiger partial charge in [-0.25, -0.2) is 0 Å². The van der Waals surface area contributed by atoms with Crippen molar-refractivity contribution in [2.24, 2.45) is 5.92 Å². The fourth-order valence-corrected chi connectivity index (χ4v) is 3.30. The van der Waals surface area contributed by atoms with Crippen LogP contribution in [0.3, 0.4) is 0 Å². The standard InChI is InChI=1S/C16H22Cl2N2O.ClH/c1-19-11-12-6-8-20(9-7-12)16(21)5-3-13-2-4-14(17)10-15(13)18;/h2,4,10,12,19H,3,5-9,11H2,1H3;1H. The van der Waals surface area contributed by atoms with E-state index in [-0.39, 0.29) is 18.3 Å². The van der Waals surface area contributed by atoms with Crippen LogP contribution in [0.2, 0.25) is 10.0 Å². The van der Waals surface area contributed by atoms with Crippen LogP contribution in [0.15, 0.2) is 18.2 Å². The van der Waals surface area contributed by atoms with Crippen molar-refractivity contribution >= 4 is 41.5 Å². The van der Waals surface area contributed by atoms with E-state index >= 15 is 0 Å². The van der Waals surface area contributed by atoms with Gasteiger partial charge in [0.2, 0.25) is 5.91 Å². The summed E-state index contributed by atoms with van der Waals surface area (Å²) >= 11 is 12.0. The van der Waals surface area contributed by atoms with Gasteiger partial charge < -0.3 is 10.2 Å². The maximum atomic E-state index is 12.3. The lowest BCUT2D eigenvalue weighted by Gasteiger charge is -2.32. The van der Waals surface area contributed by atoms with E-state index < -0.39 is 0 Å². The highest BCUT2D eigenvalue weighted by Gasteiger charge is 2.22. The largest absolute Gasteiger partial charge is 0.343 e. The highest BCUT2D eigenvalue weighted by molar-refractivity contribution is 6.35. The van der Waals surface area contributed by atoms with E-state index in [0.717, 1.165) is 38.0 Å². The number of nitrogens with zero attached hydrogens (tertiary/aromatic N) is 1. The van der Waals surface area contributed by atoms with Crippen LogP contribution in [0, 0.1) is 5.92 Å². The molecule has 0 bridgehead atoms. The molecule has 0 unspecified atom stereocenters. The molecule has 6 heteroatoms. The van der Waals surface area contributed by atoms with Crippen LogP contribution in [-0.2, 0) is 11.2 Å². The van der Waals surface area contributed by atoms with Crippen LogP contribution in [-0.4, -0.2) is 37.5 Å². The molecule has 1 amide bonds. The van der Waals surface area contributed by atoms with Crippen molar-refractivity contribution in [3.8, 4) is 0 Å². The summed E-state index contributed by atoms with van der Waals surface area (Å²) in [5.74, 6) is 0.925. The number of hydrogen-bond acceptors (Lipinski definition) is 2. The van der Waals surface area contributed by atoms with Crippen molar-refractivity contribution in [3.05, 3.63) is 33.8 Å². The smallest absolute Gasteiger partial charge is 0.222 e. The molecule has 124 valence electrons. The molecule has 22 heavy (non-hydrogen) atoms. The number of carbonyl (C=O) groups is 1. The summed E-state index contributed by atoms with van der Waals surface area (Å²) in [6, 6.07) is 5.44. The number of nitrogens with one attached hydrogen (secondary N) is 1. The third-order valence-corrected chi connectivity index (χ3v) is 4.67. The third kappa shape index (κ3) is 5.62. The van der Waals surface area contributed by atoms with Crippen LogP contribution in [0.1, 0.15) is 24.8 Å². The molecule has 1 aliphatic rings. The second-order valence-corrected chi connectivity index (χ2v) is 6.46. The summed E-state index contributed by atoms with van der Waals surface area (Å²) in [5.41, 5.74) is 0.986. The van der Waals surface area contributed by atoms with Gasteiger partial charge in [-0.3, -0.25) is 4.79 Å². The van der Waals surface area contributed by atoms with Crippen molar-refractivity contribution in [2.45, 2.75) is 25.7 Å². The first kappa shape index (κ1) is 19.6. The van der Waals surface area contributed by atoms with Gasteiger partial charge in [0.05, 0.1) is 0 Å². The molecule has 1 aliphatic heterocycles. The van der Waals surface area contributed by atoms with Crippen molar-refractivity contribution in [1.82, 2.24) is 10.2 Å². The molecule has 0 saturated carbocycles. The second-order valence-electron chi connectivity index (χ2n) is 5.62. The summed E-state index contributed by atoms with van der Waals surface area (Å²) < 4.78 is 0. The van der Waals surface area contributed by atoms with E-state index in [2.05, 4.69) is 5.32 Å². The predicted octanol–water partition coefficient (Wildman–Crippen LogP) is 3.81. The molecule has 0 atom stereocenters. The molecule has 0 radical (unpaired) electrons. The summed E-state index contributed by atoms with van der Waals surface area (Å²) in [7, 11) is 1.98. The zero-order chi connectivity index (χ0) is 15.2. The Kier molecular flexibility index (Phi) is 8.55. The molecule has 2 rings (SSSR count). The monoisotopic (exact) mass is 364 g/mol. The number of carbonyl (C=O) groups excluding carboxylic acids is 1. The zero-order valence-corrected chi connectivity index (χ0v) is 15.1. The fraction of sp³-hybridized carbons (Fsp3) is 0.562. The van der Waals surface area contributed by atoms with Gasteiger partial charge in [0, 0.05) is 29.6 Å². The van der Waals surface area contributed by atoms with Gasteiger partial charge in [-0.15, -0.1) is 12.4 Å². The molecule has 3 nitrogen and oxygen atoms in total. The van der Waals surface area contributed by atoms with Crippen LogP contribution < -0.4 is 5.32 Å². The van der Waals surface area contributed by atoms with E-state index in [1.54, 1.807) is 6.07 Å². The molecule has 1 heterocycles. The third-order valence-electron chi connectivity index (χ3n) is 4.08.